The Bertz CT molecular complexity index is 593. The fraction of sp³-hybridized carbons (Fsp3) is 0.200. The van der Waals surface area contributed by atoms with Gasteiger partial charge >= 0.3 is 0 Å². The van der Waals surface area contributed by atoms with Crippen molar-refractivity contribution < 1.29 is 9.59 Å². The molecule has 5 heteroatoms. The standard InChI is InChI=1S/C15H14BrNO2S/c16-11-5-3-10(4-6-11)12(15(17)19)7-8-13(18)14-2-1-9-20-14/h1-6,9,12H,7-8H2,(H2,17,19). The van der Waals surface area contributed by atoms with E-state index in [4.69, 9.17) is 5.73 Å². The highest BCUT2D eigenvalue weighted by Gasteiger charge is 2.19. The first-order valence-electron chi connectivity index (χ1n) is 6.19. The van der Waals surface area contributed by atoms with Gasteiger partial charge in [0.2, 0.25) is 5.91 Å². The first kappa shape index (κ1) is 14.9. The minimum Gasteiger partial charge on any atom is -0.369 e. The largest absolute Gasteiger partial charge is 0.369 e. The third-order valence-electron chi connectivity index (χ3n) is 3.07. The van der Waals surface area contributed by atoms with Crippen LogP contribution in [-0.2, 0) is 4.79 Å². The Balaban J connectivity index is 2.05. The Morgan fingerprint density at radius 2 is 1.90 bits per heavy atom. The number of amides is 1. The number of carbonyl (C=O) groups excluding carboxylic acids is 2. The van der Waals surface area contributed by atoms with Crippen LogP contribution in [0.4, 0.5) is 0 Å². The van der Waals surface area contributed by atoms with Crippen LogP contribution in [0, 0.1) is 0 Å². The molecular weight excluding hydrogens is 338 g/mol. The van der Waals surface area contributed by atoms with Crippen molar-refractivity contribution in [3.8, 4) is 0 Å². The first-order chi connectivity index (χ1) is 9.58. The van der Waals surface area contributed by atoms with Gasteiger partial charge in [-0.25, -0.2) is 0 Å². The third kappa shape index (κ3) is 3.77. The summed E-state index contributed by atoms with van der Waals surface area (Å²) in [5, 5.41) is 1.87. The van der Waals surface area contributed by atoms with Crippen molar-refractivity contribution in [3.63, 3.8) is 0 Å². The number of nitrogens with two attached hydrogens (primary N) is 1. The summed E-state index contributed by atoms with van der Waals surface area (Å²) in [5.74, 6) is -0.762. The van der Waals surface area contributed by atoms with Gasteiger partial charge in [-0.05, 0) is 35.6 Å². The molecule has 0 spiro atoms. The topological polar surface area (TPSA) is 60.2 Å². The Morgan fingerprint density at radius 1 is 1.20 bits per heavy atom. The molecule has 1 aromatic heterocycles. The van der Waals surface area contributed by atoms with E-state index >= 15 is 0 Å². The predicted octanol–water partition coefficient (Wildman–Crippen LogP) is 3.74. The minimum atomic E-state index is -0.424. The minimum absolute atomic E-state index is 0.0587. The molecule has 2 rings (SSSR count). The monoisotopic (exact) mass is 351 g/mol. The smallest absolute Gasteiger partial charge is 0.224 e. The van der Waals surface area contributed by atoms with Gasteiger partial charge in [-0.1, -0.05) is 34.1 Å². The van der Waals surface area contributed by atoms with Gasteiger partial charge < -0.3 is 5.73 Å². The Kier molecular flexibility index (Phi) is 5.09. The van der Waals surface area contributed by atoms with Gasteiger partial charge in [0.25, 0.3) is 0 Å². The molecule has 0 aliphatic rings. The Hall–Kier alpha value is -1.46. The van der Waals surface area contributed by atoms with E-state index in [2.05, 4.69) is 15.9 Å². The summed E-state index contributed by atoms with van der Waals surface area (Å²) in [6, 6.07) is 11.1. The molecule has 0 aliphatic carbocycles. The number of rotatable bonds is 6. The van der Waals surface area contributed by atoms with E-state index in [1.807, 2.05) is 35.7 Å². The summed E-state index contributed by atoms with van der Waals surface area (Å²) in [6.45, 7) is 0. The molecule has 0 saturated heterocycles. The van der Waals surface area contributed by atoms with Crippen molar-refractivity contribution in [1.82, 2.24) is 0 Å². The summed E-state index contributed by atoms with van der Waals surface area (Å²) in [5.41, 5.74) is 6.30. The van der Waals surface area contributed by atoms with Gasteiger partial charge in [0.05, 0.1) is 10.8 Å². The number of hydrogen-bond donors (Lipinski definition) is 1. The van der Waals surface area contributed by atoms with Crippen LogP contribution in [0.5, 0.6) is 0 Å². The van der Waals surface area contributed by atoms with Crippen LogP contribution >= 0.6 is 27.3 Å². The molecule has 1 atom stereocenters. The van der Waals surface area contributed by atoms with Crippen LogP contribution in [0.1, 0.15) is 34.0 Å². The molecule has 3 nitrogen and oxygen atoms in total. The highest BCUT2D eigenvalue weighted by molar-refractivity contribution is 9.10. The Morgan fingerprint density at radius 3 is 2.45 bits per heavy atom. The zero-order valence-corrected chi connectivity index (χ0v) is 13.1. The van der Waals surface area contributed by atoms with E-state index in [0.717, 1.165) is 14.9 Å². The molecule has 0 fully saturated rings. The molecule has 0 aliphatic heterocycles. The van der Waals surface area contributed by atoms with E-state index in [1.54, 1.807) is 6.07 Å². The maximum atomic E-state index is 12.0. The lowest BCUT2D eigenvalue weighted by Gasteiger charge is -2.13. The van der Waals surface area contributed by atoms with E-state index in [1.165, 1.54) is 11.3 Å². The average Bonchev–Trinajstić information content (AvgIpc) is 2.94. The van der Waals surface area contributed by atoms with Crippen LogP contribution in [0.25, 0.3) is 0 Å². The molecule has 1 aromatic carbocycles. The van der Waals surface area contributed by atoms with Gasteiger partial charge in [0.15, 0.2) is 5.78 Å². The van der Waals surface area contributed by atoms with Gasteiger partial charge in [-0.3, -0.25) is 9.59 Å². The van der Waals surface area contributed by atoms with Crippen molar-refractivity contribution in [3.05, 3.63) is 56.7 Å². The molecule has 20 heavy (non-hydrogen) atoms. The molecule has 1 unspecified atom stereocenters. The number of carbonyl (C=O) groups is 2. The van der Waals surface area contributed by atoms with Gasteiger partial charge in [-0.2, -0.15) is 0 Å². The lowest BCUT2D eigenvalue weighted by molar-refractivity contribution is -0.119. The number of Topliss-reactive ketones (excluding diaryl/α,β-unsaturated/α-hetero) is 1. The van der Waals surface area contributed by atoms with E-state index in [-0.39, 0.29) is 5.78 Å². The summed E-state index contributed by atoms with van der Waals surface area (Å²) in [7, 11) is 0. The quantitative estimate of drug-likeness (QED) is 0.805. The normalized spacial score (nSPS) is 12.1. The molecule has 0 saturated carbocycles. The molecule has 0 bridgehead atoms. The number of ketones is 1. The SMILES string of the molecule is NC(=O)C(CCC(=O)c1cccs1)c1ccc(Br)cc1. The van der Waals surface area contributed by atoms with Crippen LogP contribution in [0.15, 0.2) is 46.3 Å². The second-order valence-corrected chi connectivity index (χ2v) is 6.31. The van der Waals surface area contributed by atoms with E-state index < -0.39 is 11.8 Å². The van der Waals surface area contributed by atoms with Crippen LogP contribution < -0.4 is 5.73 Å². The number of halogens is 1. The lowest BCUT2D eigenvalue weighted by atomic mass is 9.92. The van der Waals surface area contributed by atoms with Crippen LogP contribution in [0.2, 0.25) is 0 Å². The Labute approximate surface area is 129 Å². The van der Waals surface area contributed by atoms with E-state index in [9.17, 15) is 9.59 Å². The molecule has 0 radical (unpaired) electrons. The highest BCUT2D eigenvalue weighted by Crippen LogP contribution is 2.24. The number of benzene rings is 1. The van der Waals surface area contributed by atoms with Gasteiger partial charge in [-0.15, -0.1) is 11.3 Å². The van der Waals surface area contributed by atoms with Gasteiger partial charge in [0.1, 0.15) is 0 Å². The summed E-state index contributed by atoms with van der Waals surface area (Å²) in [4.78, 5) is 24.3. The second kappa shape index (κ2) is 6.81. The second-order valence-electron chi connectivity index (χ2n) is 4.45. The van der Waals surface area contributed by atoms with E-state index in [0.29, 0.717) is 12.8 Å². The molecule has 1 amide bonds. The van der Waals surface area contributed by atoms with Gasteiger partial charge in [0, 0.05) is 10.9 Å². The summed E-state index contributed by atoms with van der Waals surface area (Å²) >= 11 is 4.77. The highest BCUT2D eigenvalue weighted by atomic mass is 79.9. The lowest BCUT2D eigenvalue weighted by Crippen LogP contribution is -2.22. The fourth-order valence-corrected chi connectivity index (χ4v) is 2.96. The van der Waals surface area contributed by atoms with Crippen molar-refractivity contribution in [2.24, 2.45) is 5.73 Å². The van der Waals surface area contributed by atoms with Crippen molar-refractivity contribution in [1.29, 1.82) is 0 Å². The fourth-order valence-electron chi connectivity index (χ4n) is 2.00. The third-order valence-corrected chi connectivity index (χ3v) is 4.51. The maximum absolute atomic E-state index is 12.0. The molecule has 2 N–H and O–H groups in total. The van der Waals surface area contributed by atoms with Crippen LogP contribution in [0.3, 0.4) is 0 Å². The number of hydrogen-bond acceptors (Lipinski definition) is 3. The summed E-state index contributed by atoms with van der Waals surface area (Å²) < 4.78 is 0.944. The molecular formula is C15H14BrNO2S. The maximum Gasteiger partial charge on any atom is 0.224 e. The zero-order valence-electron chi connectivity index (χ0n) is 10.7. The first-order valence-corrected chi connectivity index (χ1v) is 7.86. The van der Waals surface area contributed by atoms with Crippen molar-refractivity contribution in [2.45, 2.75) is 18.8 Å². The molecule has 1 heterocycles. The zero-order chi connectivity index (χ0) is 14.5. The van der Waals surface area contributed by atoms with Crippen molar-refractivity contribution >= 4 is 39.0 Å². The number of thiophene rings is 1. The summed E-state index contributed by atoms with van der Waals surface area (Å²) in [6.07, 6.45) is 0.762. The predicted molar refractivity (Wildman–Crippen MR) is 84.0 cm³/mol. The van der Waals surface area contributed by atoms with Crippen molar-refractivity contribution in [2.75, 3.05) is 0 Å². The molecule has 2 aromatic rings. The van der Waals surface area contributed by atoms with Crippen LogP contribution in [-0.4, -0.2) is 11.7 Å². The molecule has 104 valence electrons. The number of primary amides is 1. The average molecular weight is 352 g/mol.